The van der Waals surface area contributed by atoms with Crippen molar-refractivity contribution in [2.45, 2.75) is 6.04 Å². The molecular formula is C13H14Br2N2S2. The molecule has 0 bridgehead atoms. The maximum atomic E-state index is 3.62. The molecule has 1 fully saturated rings. The van der Waals surface area contributed by atoms with Crippen molar-refractivity contribution < 1.29 is 0 Å². The maximum Gasteiger partial charge on any atom is 0.0843 e. The summed E-state index contributed by atoms with van der Waals surface area (Å²) in [5.41, 5.74) is 0. The Hall–Kier alpha value is 0.280. The maximum absolute atomic E-state index is 3.62. The van der Waals surface area contributed by atoms with Crippen molar-refractivity contribution >= 4 is 54.5 Å². The van der Waals surface area contributed by atoms with Crippen molar-refractivity contribution in [2.24, 2.45) is 0 Å². The number of nitrogens with zero attached hydrogens (tertiary/aromatic N) is 1. The van der Waals surface area contributed by atoms with Crippen LogP contribution >= 0.6 is 54.5 Å². The Balaban J connectivity index is 1.96. The lowest BCUT2D eigenvalue weighted by molar-refractivity contribution is 0.203. The third-order valence-corrected chi connectivity index (χ3v) is 7.50. The van der Waals surface area contributed by atoms with Crippen LogP contribution in [0.25, 0.3) is 0 Å². The van der Waals surface area contributed by atoms with Crippen LogP contribution < -0.4 is 5.32 Å². The lowest BCUT2D eigenvalue weighted by Crippen LogP contribution is -2.45. The first-order chi connectivity index (χ1) is 9.25. The lowest BCUT2D eigenvalue weighted by atomic mass is 10.1. The van der Waals surface area contributed by atoms with Crippen LogP contribution in [0.3, 0.4) is 0 Å². The smallest absolute Gasteiger partial charge is 0.0843 e. The van der Waals surface area contributed by atoms with Crippen LogP contribution in [-0.4, -0.2) is 31.1 Å². The van der Waals surface area contributed by atoms with E-state index in [1.807, 2.05) is 22.7 Å². The molecule has 6 heteroatoms. The highest BCUT2D eigenvalue weighted by Gasteiger charge is 2.26. The summed E-state index contributed by atoms with van der Waals surface area (Å²) in [5, 5.41) is 5.60. The third kappa shape index (κ3) is 3.14. The summed E-state index contributed by atoms with van der Waals surface area (Å²) in [6.07, 6.45) is 0. The predicted octanol–water partition coefficient (Wildman–Crippen LogP) is 4.33. The van der Waals surface area contributed by atoms with Gasteiger partial charge in [-0.2, -0.15) is 0 Å². The number of hydrogen-bond donors (Lipinski definition) is 1. The predicted molar refractivity (Wildman–Crippen MR) is 90.3 cm³/mol. The Morgan fingerprint density at radius 2 is 2.00 bits per heavy atom. The lowest BCUT2D eigenvalue weighted by Gasteiger charge is -2.33. The average Bonchev–Trinajstić information content (AvgIpc) is 3.03. The second kappa shape index (κ2) is 6.37. The highest BCUT2D eigenvalue weighted by molar-refractivity contribution is 9.13. The zero-order valence-corrected chi connectivity index (χ0v) is 15.0. The van der Waals surface area contributed by atoms with Crippen molar-refractivity contribution in [3.8, 4) is 0 Å². The quantitative estimate of drug-likeness (QED) is 0.793. The van der Waals surface area contributed by atoms with E-state index >= 15 is 0 Å². The standard InChI is InChI=1S/C13H14Br2N2S2/c14-9-8-11(19-13(9)15)12(10-2-1-7-18-10)17-5-3-16-4-6-17/h1-2,7-8,12,16H,3-6H2/t12-/m1/s1. The highest BCUT2D eigenvalue weighted by Crippen LogP contribution is 2.41. The van der Waals surface area contributed by atoms with Gasteiger partial charge in [-0.25, -0.2) is 0 Å². The average molecular weight is 422 g/mol. The normalized spacial score (nSPS) is 18.6. The molecule has 1 aliphatic rings. The van der Waals surface area contributed by atoms with E-state index < -0.39 is 0 Å². The van der Waals surface area contributed by atoms with E-state index in [1.54, 1.807) is 0 Å². The Morgan fingerprint density at radius 3 is 2.58 bits per heavy atom. The molecule has 1 atom stereocenters. The van der Waals surface area contributed by atoms with Crippen molar-refractivity contribution in [3.63, 3.8) is 0 Å². The number of nitrogens with one attached hydrogen (secondary N) is 1. The molecule has 0 spiro atoms. The molecule has 0 radical (unpaired) electrons. The molecule has 3 heterocycles. The van der Waals surface area contributed by atoms with Gasteiger partial charge in [0.1, 0.15) is 0 Å². The minimum Gasteiger partial charge on any atom is -0.314 e. The number of piperazine rings is 1. The van der Waals surface area contributed by atoms with Gasteiger partial charge < -0.3 is 5.32 Å². The molecule has 0 amide bonds. The molecule has 2 aromatic rings. The summed E-state index contributed by atoms with van der Waals surface area (Å²) in [7, 11) is 0. The van der Waals surface area contributed by atoms with Crippen molar-refractivity contribution in [3.05, 3.63) is 41.6 Å². The van der Waals surface area contributed by atoms with E-state index in [2.05, 4.69) is 65.7 Å². The molecule has 2 nitrogen and oxygen atoms in total. The monoisotopic (exact) mass is 420 g/mol. The molecule has 1 N–H and O–H groups in total. The van der Waals surface area contributed by atoms with E-state index in [9.17, 15) is 0 Å². The summed E-state index contributed by atoms with van der Waals surface area (Å²) < 4.78 is 2.34. The number of thiophene rings is 2. The molecule has 0 saturated carbocycles. The van der Waals surface area contributed by atoms with Gasteiger partial charge in [-0.1, -0.05) is 6.07 Å². The highest BCUT2D eigenvalue weighted by atomic mass is 79.9. The fourth-order valence-corrected chi connectivity index (χ4v) is 5.58. The molecule has 1 aliphatic heterocycles. The second-order valence-corrected chi connectivity index (χ2v) is 8.71. The van der Waals surface area contributed by atoms with Gasteiger partial charge in [-0.3, -0.25) is 4.90 Å². The SMILES string of the molecule is Brc1cc([C@@H](c2cccs2)N2CCNCC2)sc1Br. The van der Waals surface area contributed by atoms with Gasteiger partial charge in [0.15, 0.2) is 0 Å². The Bertz CT molecular complexity index is 513. The Labute approximate surface area is 138 Å². The number of halogens is 2. The summed E-state index contributed by atoms with van der Waals surface area (Å²) in [6.45, 7) is 4.37. The van der Waals surface area contributed by atoms with Gasteiger partial charge in [0.05, 0.1) is 9.83 Å². The van der Waals surface area contributed by atoms with Crippen LogP contribution in [0.4, 0.5) is 0 Å². The van der Waals surface area contributed by atoms with Gasteiger partial charge in [0.2, 0.25) is 0 Å². The summed E-state index contributed by atoms with van der Waals surface area (Å²) >= 11 is 10.9. The largest absolute Gasteiger partial charge is 0.314 e. The molecule has 3 rings (SSSR count). The summed E-state index contributed by atoms with van der Waals surface area (Å²) in [4.78, 5) is 5.42. The molecule has 102 valence electrons. The van der Waals surface area contributed by atoms with Crippen LogP contribution in [0.5, 0.6) is 0 Å². The molecule has 0 unspecified atom stereocenters. The van der Waals surface area contributed by atoms with Crippen LogP contribution in [-0.2, 0) is 0 Å². The van der Waals surface area contributed by atoms with Crippen molar-refractivity contribution in [2.75, 3.05) is 26.2 Å². The molecule has 0 aromatic carbocycles. The van der Waals surface area contributed by atoms with E-state index in [0.29, 0.717) is 6.04 Å². The zero-order valence-electron chi connectivity index (χ0n) is 10.2. The molecular weight excluding hydrogens is 408 g/mol. The van der Waals surface area contributed by atoms with Gasteiger partial charge in [-0.05, 0) is 49.4 Å². The van der Waals surface area contributed by atoms with Gasteiger partial charge >= 0.3 is 0 Å². The third-order valence-electron chi connectivity index (χ3n) is 3.26. The van der Waals surface area contributed by atoms with E-state index in [-0.39, 0.29) is 0 Å². The zero-order chi connectivity index (χ0) is 13.2. The van der Waals surface area contributed by atoms with Crippen molar-refractivity contribution in [1.82, 2.24) is 10.2 Å². The minimum atomic E-state index is 0.398. The fraction of sp³-hybridized carbons (Fsp3) is 0.385. The Morgan fingerprint density at radius 1 is 1.21 bits per heavy atom. The first-order valence-electron chi connectivity index (χ1n) is 6.18. The van der Waals surface area contributed by atoms with Crippen molar-refractivity contribution in [1.29, 1.82) is 0 Å². The van der Waals surface area contributed by atoms with Gasteiger partial charge in [0.25, 0.3) is 0 Å². The van der Waals surface area contributed by atoms with Crippen LogP contribution in [0, 0.1) is 0 Å². The van der Waals surface area contributed by atoms with Gasteiger partial charge in [-0.15, -0.1) is 22.7 Å². The fourth-order valence-electron chi connectivity index (χ4n) is 2.39. The first kappa shape index (κ1) is 14.2. The molecule has 19 heavy (non-hydrogen) atoms. The molecule has 1 saturated heterocycles. The van der Waals surface area contributed by atoms with E-state index in [4.69, 9.17) is 0 Å². The van der Waals surface area contributed by atoms with Crippen LogP contribution in [0.2, 0.25) is 0 Å². The molecule has 2 aromatic heterocycles. The van der Waals surface area contributed by atoms with Gasteiger partial charge in [0, 0.05) is 40.4 Å². The number of hydrogen-bond acceptors (Lipinski definition) is 4. The first-order valence-corrected chi connectivity index (χ1v) is 9.47. The van der Waals surface area contributed by atoms with Crippen LogP contribution in [0.1, 0.15) is 15.8 Å². The number of rotatable bonds is 3. The topological polar surface area (TPSA) is 15.3 Å². The summed E-state index contributed by atoms with van der Waals surface area (Å²) in [6, 6.07) is 7.04. The molecule has 0 aliphatic carbocycles. The Kier molecular flexibility index (Phi) is 4.77. The minimum absolute atomic E-state index is 0.398. The van der Waals surface area contributed by atoms with E-state index in [1.165, 1.54) is 13.5 Å². The summed E-state index contributed by atoms with van der Waals surface area (Å²) in [5.74, 6) is 0. The van der Waals surface area contributed by atoms with E-state index in [0.717, 1.165) is 30.7 Å². The van der Waals surface area contributed by atoms with Crippen LogP contribution in [0.15, 0.2) is 31.8 Å². The second-order valence-electron chi connectivity index (χ2n) is 4.47.